The second-order valence-electron chi connectivity index (χ2n) is 18.8. The minimum Gasteiger partial charge on any atom is -0.462 e. The summed E-state index contributed by atoms with van der Waals surface area (Å²) in [6.45, 7) is 6.32. The molecular weight excluding hydrogens is 913 g/mol. The van der Waals surface area contributed by atoms with E-state index in [4.69, 9.17) is 14.2 Å². The van der Waals surface area contributed by atoms with E-state index in [1.54, 1.807) is 0 Å². The van der Waals surface area contributed by atoms with Crippen LogP contribution in [0.2, 0.25) is 0 Å². The number of unbranched alkanes of at least 4 members (excludes halogenated alkanes) is 14. The summed E-state index contributed by atoms with van der Waals surface area (Å²) in [6.07, 6.45) is 88.1. The van der Waals surface area contributed by atoms with Gasteiger partial charge in [0.2, 0.25) is 0 Å². The highest BCUT2D eigenvalue weighted by Gasteiger charge is 2.19. The summed E-state index contributed by atoms with van der Waals surface area (Å²) in [5.41, 5.74) is 0. The zero-order chi connectivity index (χ0) is 53.6. The molecule has 0 fully saturated rings. The molecule has 414 valence electrons. The maximum Gasteiger partial charge on any atom is 0.306 e. The molecule has 1 atom stereocenters. The lowest BCUT2D eigenvalue weighted by Crippen LogP contribution is -2.30. The Bertz CT molecular complexity index is 1690. The molecule has 6 nitrogen and oxygen atoms in total. The van der Waals surface area contributed by atoms with Crippen LogP contribution in [0.15, 0.2) is 158 Å². The van der Waals surface area contributed by atoms with E-state index in [1.807, 2.05) is 0 Å². The Kier molecular flexibility index (Phi) is 56.5. The Balaban J connectivity index is 4.48. The molecular formula is C68H106O6. The van der Waals surface area contributed by atoms with Gasteiger partial charge in [-0.05, 0) is 128 Å². The molecule has 0 heterocycles. The maximum absolute atomic E-state index is 12.8. The smallest absolute Gasteiger partial charge is 0.306 e. The molecule has 0 aliphatic heterocycles. The van der Waals surface area contributed by atoms with Crippen LogP contribution in [0, 0.1) is 0 Å². The third-order valence-corrected chi connectivity index (χ3v) is 11.8. The standard InChI is InChI=1S/C68H106O6/c1-4-7-10-13-16-19-22-24-26-28-30-32-33-34-35-37-38-40-42-44-46-49-52-55-58-61-67(70)73-64-65(63-72-66(69)60-57-54-51-48-21-18-15-12-9-6-3)74-68(71)62-59-56-53-50-47-45-43-41-39-36-31-29-27-25-23-20-17-14-11-8-5-2/h7-8,10-11,16-17,19-20,24-27,30-32,34-36,38,40-41,43-44,46-47,50,65H,4-6,9,12-15,18,21-23,28-29,33,37,39,42,45,48-49,51-64H2,1-3H3/b10-7-,11-8-,19-16-,20-17-,26-24-,27-25-,32-30-,35-34-,36-31-,40-38-,43-41-,46-44-,50-47-. The van der Waals surface area contributed by atoms with Crippen molar-refractivity contribution in [1.82, 2.24) is 0 Å². The first-order valence-electron chi connectivity index (χ1n) is 29.5. The number of carbonyl (C=O) groups is 3. The molecule has 0 radical (unpaired) electrons. The highest BCUT2D eigenvalue weighted by Crippen LogP contribution is 2.13. The van der Waals surface area contributed by atoms with Crippen LogP contribution < -0.4 is 0 Å². The van der Waals surface area contributed by atoms with Crippen molar-refractivity contribution >= 4 is 17.9 Å². The fourth-order valence-corrected chi connectivity index (χ4v) is 7.42. The van der Waals surface area contributed by atoms with E-state index in [-0.39, 0.29) is 37.5 Å². The molecule has 0 bridgehead atoms. The third-order valence-electron chi connectivity index (χ3n) is 11.8. The minimum atomic E-state index is -0.822. The van der Waals surface area contributed by atoms with Gasteiger partial charge in [0.25, 0.3) is 0 Å². The average Bonchev–Trinajstić information content (AvgIpc) is 3.40. The topological polar surface area (TPSA) is 78.9 Å². The van der Waals surface area contributed by atoms with Crippen molar-refractivity contribution in [2.45, 2.75) is 239 Å². The lowest BCUT2D eigenvalue weighted by Gasteiger charge is -2.18. The first-order valence-corrected chi connectivity index (χ1v) is 29.5. The number of hydrogen-bond donors (Lipinski definition) is 0. The van der Waals surface area contributed by atoms with Crippen molar-refractivity contribution in [3.63, 3.8) is 0 Å². The van der Waals surface area contributed by atoms with Crippen molar-refractivity contribution in [2.75, 3.05) is 13.2 Å². The molecule has 0 amide bonds. The Morgan fingerprint density at radius 1 is 0.284 bits per heavy atom. The van der Waals surface area contributed by atoms with E-state index in [9.17, 15) is 14.4 Å². The Labute approximate surface area is 454 Å². The quantitative estimate of drug-likeness (QED) is 0.0261. The molecule has 0 N–H and O–H groups in total. The second-order valence-corrected chi connectivity index (χ2v) is 18.8. The number of rotatable bonds is 51. The lowest BCUT2D eigenvalue weighted by molar-refractivity contribution is -0.167. The molecule has 0 rings (SSSR count). The van der Waals surface area contributed by atoms with Crippen LogP contribution in [0.25, 0.3) is 0 Å². The van der Waals surface area contributed by atoms with Crippen molar-refractivity contribution in [1.29, 1.82) is 0 Å². The highest BCUT2D eigenvalue weighted by molar-refractivity contribution is 5.71. The largest absolute Gasteiger partial charge is 0.462 e. The molecule has 74 heavy (non-hydrogen) atoms. The molecule has 0 aromatic heterocycles. The number of hydrogen-bond acceptors (Lipinski definition) is 6. The SMILES string of the molecule is CC/C=C\C/C=C\C/C=C\C/C=C\C/C=C\C/C=C\C/C=C\CCCCCC(=O)OCC(COC(=O)CCCCCCCCCCCC)OC(=O)CCCC/C=C\C/C=C\C/C=C\C/C=C\C/C=C\C/C=C\CC. The fraction of sp³-hybridized carbons (Fsp3) is 0.574. The molecule has 0 aromatic carbocycles. The van der Waals surface area contributed by atoms with Crippen molar-refractivity contribution < 1.29 is 28.6 Å². The molecule has 6 heteroatoms. The van der Waals surface area contributed by atoms with Crippen LogP contribution in [-0.4, -0.2) is 37.2 Å². The van der Waals surface area contributed by atoms with E-state index in [0.29, 0.717) is 19.3 Å². The van der Waals surface area contributed by atoms with Crippen LogP contribution in [-0.2, 0) is 28.6 Å². The first-order chi connectivity index (χ1) is 36.5. The van der Waals surface area contributed by atoms with Crippen LogP contribution >= 0.6 is 0 Å². The first kappa shape index (κ1) is 69.0. The molecule has 0 aliphatic carbocycles. The van der Waals surface area contributed by atoms with Gasteiger partial charge >= 0.3 is 17.9 Å². The Morgan fingerprint density at radius 2 is 0.527 bits per heavy atom. The second kappa shape index (κ2) is 60.6. The van der Waals surface area contributed by atoms with E-state index < -0.39 is 6.10 Å². The zero-order valence-corrected chi connectivity index (χ0v) is 47.3. The van der Waals surface area contributed by atoms with Gasteiger partial charge in [-0.3, -0.25) is 14.4 Å². The molecule has 0 spiro atoms. The van der Waals surface area contributed by atoms with Crippen molar-refractivity contribution in [3.8, 4) is 0 Å². The average molecular weight is 1020 g/mol. The fourth-order valence-electron chi connectivity index (χ4n) is 7.42. The molecule has 0 saturated carbocycles. The third kappa shape index (κ3) is 57.9. The summed E-state index contributed by atoms with van der Waals surface area (Å²) in [5.74, 6) is -1.000. The predicted molar refractivity (Wildman–Crippen MR) is 320 cm³/mol. The lowest BCUT2D eigenvalue weighted by atomic mass is 10.1. The minimum absolute atomic E-state index is 0.112. The summed E-state index contributed by atoms with van der Waals surface area (Å²) >= 11 is 0. The number of ether oxygens (including phenoxy) is 3. The zero-order valence-electron chi connectivity index (χ0n) is 47.3. The van der Waals surface area contributed by atoms with Crippen molar-refractivity contribution in [2.24, 2.45) is 0 Å². The number of carbonyl (C=O) groups excluding carboxylic acids is 3. The monoisotopic (exact) mass is 1020 g/mol. The van der Waals surface area contributed by atoms with Gasteiger partial charge in [0.1, 0.15) is 13.2 Å². The summed E-state index contributed by atoms with van der Waals surface area (Å²) in [4.78, 5) is 38.1. The Morgan fingerprint density at radius 3 is 0.851 bits per heavy atom. The van der Waals surface area contributed by atoms with E-state index in [0.717, 1.165) is 141 Å². The molecule has 0 aromatic rings. The van der Waals surface area contributed by atoms with Gasteiger partial charge in [-0.15, -0.1) is 0 Å². The highest BCUT2D eigenvalue weighted by atomic mass is 16.6. The van der Waals surface area contributed by atoms with Gasteiger partial charge in [0.15, 0.2) is 6.10 Å². The van der Waals surface area contributed by atoms with Crippen molar-refractivity contribution in [3.05, 3.63) is 158 Å². The predicted octanol–water partition coefficient (Wildman–Crippen LogP) is 20.1. The van der Waals surface area contributed by atoms with Gasteiger partial charge in [-0.2, -0.15) is 0 Å². The van der Waals surface area contributed by atoms with E-state index in [1.165, 1.54) is 44.9 Å². The molecule has 1 unspecified atom stereocenters. The van der Waals surface area contributed by atoms with Gasteiger partial charge in [-0.1, -0.05) is 243 Å². The number of esters is 3. The number of allylic oxidation sites excluding steroid dienone is 26. The summed E-state index contributed by atoms with van der Waals surface area (Å²) in [7, 11) is 0. The van der Waals surface area contributed by atoms with E-state index >= 15 is 0 Å². The van der Waals surface area contributed by atoms with Gasteiger partial charge in [-0.25, -0.2) is 0 Å². The van der Waals surface area contributed by atoms with Crippen LogP contribution in [0.1, 0.15) is 233 Å². The van der Waals surface area contributed by atoms with Gasteiger partial charge in [0, 0.05) is 19.3 Å². The Hall–Kier alpha value is -4.97. The maximum atomic E-state index is 12.8. The molecule has 0 aliphatic rings. The van der Waals surface area contributed by atoms with Crippen LogP contribution in [0.4, 0.5) is 0 Å². The molecule has 0 saturated heterocycles. The van der Waals surface area contributed by atoms with Gasteiger partial charge < -0.3 is 14.2 Å². The van der Waals surface area contributed by atoms with Crippen LogP contribution in [0.5, 0.6) is 0 Å². The summed E-state index contributed by atoms with van der Waals surface area (Å²) in [6, 6.07) is 0. The summed E-state index contributed by atoms with van der Waals surface area (Å²) in [5, 5.41) is 0. The van der Waals surface area contributed by atoms with E-state index in [2.05, 4.69) is 179 Å². The summed E-state index contributed by atoms with van der Waals surface area (Å²) < 4.78 is 16.8. The normalized spacial score (nSPS) is 13.3. The van der Waals surface area contributed by atoms with Gasteiger partial charge in [0.05, 0.1) is 0 Å². The van der Waals surface area contributed by atoms with Crippen LogP contribution in [0.3, 0.4) is 0 Å².